The first-order chi connectivity index (χ1) is 5.75. The number of rotatable bonds is 3. The van der Waals surface area contributed by atoms with Crippen molar-refractivity contribution in [1.82, 2.24) is 9.55 Å². The molecule has 64 valence electrons. The summed E-state index contributed by atoms with van der Waals surface area (Å²) in [7, 11) is 0. The zero-order valence-electron chi connectivity index (χ0n) is 7.16. The van der Waals surface area contributed by atoms with E-state index in [9.17, 15) is 4.79 Å². The smallest absolute Gasteiger partial charge is 0.135 e. The molecule has 1 aliphatic carbocycles. The minimum absolute atomic E-state index is 0.177. The molecule has 1 aromatic heterocycles. The quantitative estimate of drug-likeness (QED) is 0.675. The minimum atomic E-state index is 0.177. The monoisotopic (exact) mass is 164 g/mol. The zero-order valence-corrected chi connectivity index (χ0v) is 7.16. The van der Waals surface area contributed by atoms with E-state index in [1.165, 1.54) is 12.8 Å². The number of hydrogen-bond donors (Lipinski definition) is 0. The molecule has 3 heteroatoms. The molecule has 0 N–H and O–H groups in total. The number of hydrogen-bond acceptors (Lipinski definition) is 2. The summed E-state index contributed by atoms with van der Waals surface area (Å²) in [5.74, 6) is 0.177. The Morgan fingerprint density at radius 2 is 2.50 bits per heavy atom. The van der Waals surface area contributed by atoms with Crippen molar-refractivity contribution in [3.63, 3.8) is 0 Å². The molecule has 1 saturated carbocycles. The fraction of sp³-hybridized carbons (Fsp3) is 0.556. The first kappa shape index (κ1) is 7.53. The maximum absolute atomic E-state index is 10.8. The van der Waals surface area contributed by atoms with Crippen LogP contribution in [0.25, 0.3) is 0 Å². The van der Waals surface area contributed by atoms with Crippen LogP contribution in [0.15, 0.2) is 12.5 Å². The molecule has 0 spiro atoms. The molecule has 1 aromatic rings. The largest absolute Gasteiger partial charge is 0.334 e. The van der Waals surface area contributed by atoms with E-state index in [0.29, 0.717) is 12.5 Å². The molecule has 3 nitrogen and oxygen atoms in total. The van der Waals surface area contributed by atoms with Crippen molar-refractivity contribution >= 4 is 5.78 Å². The number of aromatic nitrogens is 2. The Bertz CT molecular complexity index is 299. The molecule has 0 amide bonds. The Hall–Kier alpha value is -1.12. The van der Waals surface area contributed by atoms with Crippen LogP contribution in [0.5, 0.6) is 0 Å². The lowest BCUT2D eigenvalue weighted by Crippen LogP contribution is -1.96. The average Bonchev–Trinajstić information content (AvgIpc) is 2.73. The van der Waals surface area contributed by atoms with Crippen molar-refractivity contribution in [3.05, 3.63) is 18.2 Å². The highest BCUT2D eigenvalue weighted by Gasteiger charge is 2.23. The van der Waals surface area contributed by atoms with Crippen molar-refractivity contribution in [2.45, 2.75) is 32.2 Å². The molecule has 1 aliphatic rings. The molecule has 12 heavy (non-hydrogen) atoms. The van der Waals surface area contributed by atoms with E-state index in [4.69, 9.17) is 0 Å². The van der Waals surface area contributed by atoms with Crippen molar-refractivity contribution < 1.29 is 4.79 Å². The molecule has 0 unspecified atom stereocenters. The van der Waals surface area contributed by atoms with Crippen molar-refractivity contribution in [3.8, 4) is 0 Å². The van der Waals surface area contributed by atoms with Gasteiger partial charge in [0.25, 0.3) is 0 Å². The molecule has 0 radical (unpaired) electrons. The number of ketones is 1. The summed E-state index contributed by atoms with van der Waals surface area (Å²) < 4.78 is 2.11. The third-order valence-electron chi connectivity index (χ3n) is 2.05. The Morgan fingerprint density at radius 1 is 1.75 bits per heavy atom. The second-order valence-electron chi connectivity index (χ2n) is 3.42. The summed E-state index contributed by atoms with van der Waals surface area (Å²) >= 11 is 0. The van der Waals surface area contributed by atoms with Crippen molar-refractivity contribution in [2.24, 2.45) is 0 Å². The summed E-state index contributed by atoms with van der Waals surface area (Å²) in [5, 5.41) is 0. The van der Waals surface area contributed by atoms with Crippen LogP contribution in [0.3, 0.4) is 0 Å². The van der Waals surface area contributed by atoms with E-state index < -0.39 is 0 Å². The second-order valence-corrected chi connectivity index (χ2v) is 3.42. The number of Topliss-reactive ketones (excluding diaryl/α,β-unsaturated/α-hetero) is 1. The molecule has 0 saturated heterocycles. The standard InChI is InChI=1S/C9H12N2O/c1-7(12)4-8-5-11(6-10-8)9-2-3-9/h5-6,9H,2-4H2,1H3. The summed E-state index contributed by atoms with van der Waals surface area (Å²) in [6, 6.07) is 0.665. The molecule has 0 bridgehead atoms. The SMILES string of the molecule is CC(=O)Cc1cn(C2CC2)cn1. The van der Waals surface area contributed by atoms with Crippen LogP contribution in [0.1, 0.15) is 31.5 Å². The summed E-state index contributed by atoms with van der Waals surface area (Å²) in [4.78, 5) is 14.9. The summed E-state index contributed by atoms with van der Waals surface area (Å²) in [6.07, 6.45) is 6.81. The second kappa shape index (κ2) is 2.73. The maximum atomic E-state index is 10.8. The third kappa shape index (κ3) is 1.55. The van der Waals surface area contributed by atoms with Crippen LogP contribution >= 0.6 is 0 Å². The van der Waals surface area contributed by atoms with Crippen LogP contribution in [-0.4, -0.2) is 15.3 Å². The van der Waals surface area contributed by atoms with E-state index in [2.05, 4.69) is 9.55 Å². The van der Waals surface area contributed by atoms with Gasteiger partial charge in [0.05, 0.1) is 12.0 Å². The fourth-order valence-corrected chi connectivity index (χ4v) is 1.30. The Balaban J connectivity index is 2.07. The van der Waals surface area contributed by atoms with Gasteiger partial charge in [0.15, 0.2) is 0 Å². The maximum Gasteiger partial charge on any atom is 0.135 e. The number of imidazole rings is 1. The van der Waals surface area contributed by atoms with Crippen LogP contribution in [0, 0.1) is 0 Å². The van der Waals surface area contributed by atoms with Crippen molar-refractivity contribution in [1.29, 1.82) is 0 Å². The van der Waals surface area contributed by atoms with E-state index in [0.717, 1.165) is 5.69 Å². The van der Waals surface area contributed by atoms with Gasteiger partial charge in [-0.3, -0.25) is 4.79 Å². The normalized spacial score (nSPS) is 16.4. The van der Waals surface area contributed by atoms with Crippen molar-refractivity contribution in [2.75, 3.05) is 0 Å². The summed E-state index contributed by atoms with van der Waals surface area (Å²) in [5.41, 5.74) is 0.898. The predicted octanol–water partition coefficient (Wildman–Crippen LogP) is 1.35. The molecule has 2 rings (SSSR count). The fourth-order valence-electron chi connectivity index (χ4n) is 1.30. The number of carbonyl (C=O) groups is 1. The molecule has 0 atom stereocenters. The van der Waals surface area contributed by atoms with E-state index in [1.807, 2.05) is 12.5 Å². The lowest BCUT2D eigenvalue weighted by atomic mass is 10.2. The average molecular weight is 164 g/mol. The Kier molecular flexibility index (Phi) is 1.71. The van der Waals surface area contributed by atoms with Gasteiger partial charge in [-0.1, -0.05) is 0 Å². The van der Waals surface area contributed by atoms with E-state index in [1.54, 1.807) is 6.92 Å². The molecule has 0 aliphatic heterocycles. The lowest BCUT2D eigenvalue weighted by molar-refractivity contribution is -0.116. The van der Waals surface area contributed by atoms with E-state index >= 15 is 0 Å². The van der Waals surface area contributed by atoms with Gasteiger partial charge >= 0.3 is 0 Å². The van der Waals surface area contributed by atoms with Crippen LogP contribution in [0.2, 0.25) is 0 Å². The first-order valence-electron chi connectivity index (χ1n) is 4.27. The van der Waals surface area contributed by atoms with Gasteiger partial charge in [-0.05, 0) is 19.8 Å². The van der Waals surface area contributed by atoms with Gasteiger partial charge in [0.2, 0.25) is 0 Å². The highest BCUT2D eigenvalue weighted by Crippen LogP contribution is 2.34. The predicted molar refractivity (Wildman–Crippen MR) is 44.9 cm³/mol. The lowest BCUT2D eigenvalue weighted by Gasteiger charge is -1.93. The molecular formula is C9H12N2O. The molecule has 0 aromatic carbocycles. The zero-order chi connectivity index (χ0) is 8.55. The van der Waals surface area contributed by atoms with Gasteiger partial charge < -0.3 is 4.57 Å². The van der Waals surface area contributed by atoms with Crippen LogP contribution in [-0.2, 0) is 11.2 Å². The first-order valence-corrected chi connectivity index (χ1v) is 4.27. The highest BCUT2D eigenvalue weighted by atomic mass is 16.1. The summed E-state index contributed by atoms with van der Waals surface area (Å²) in [6.45, 7) is 1.59. The van der Waals surface area contributed by atoms with Gasteiger partial charge in [-0.15, -0.1) is 0 Å². The molecule has 1 fully saturated rings. The van der Waals surface area contributed by atoms with Gasteiger partial charge in [0, 0.05) is 18.7 Å². The topological polar surface area (TPSA) is 34.9 Å². The number of nitrogens with zero attached hydrogens (tertiary/aromatic N) is 2. The van der Waals surface area contributed by atoms with Gasteiger partial charge in [-0.25, -0.2) is 4.98 Å². The van der Waals surface area contributed by atoms with Crippen LogP contribution in [0.4, 0.5) is 0 Å². The van der Waals surface area contributed by atoms with E-state index in [-0.39, 0.29) is 5.78 Å². The molecule has 1 heterocycles. The Morgan fingerprint density at radius 3 is 3.08 bits per heavy atom. The number of carbonyl (C=O) groups excluding carboxylic acids is 1. The van der Waals surface area contributed by atoms with Crippen LogP contribution < -0.4 is 0 Å². The molecular weight excluding hydrogens is 152 g/mol. The van der Waals surface area contributed by atoms with Gasteiger partial charge in [-0.2, -0.15) is 0 Å². The highest BCUT2D eigenvalue weighted by molar-refractivity contribution is 5.77. The van der Waals surface area contributed by atoms with Gasteiger partial charge in [0.1, 0.15) is 5.78 Å². The Labute approximate surface area is 71.4 Å². The minimum Gasteiger partial charge on any atom is -0.334 e. The third-order valence-corrected chi connectivity index (χ3v) is 2.05.